The number of piperidine rings is 1. The molecule has 1 fully saturated rings. The van der Waals surface area contributed by atoms with E-state index in [4.69, 9.17) is 0 Å². The van der Waals surface area contributed by atoms with Gasteiger partial charge in [-0.15, -0.1) is 0 Å². The van der Waals surface area contributed by atoms with Crippen molar-refractivity contribution in [3.63, 3.8) is 0 Å². The molecule has 18 heavy (non-hydrogen) atoms. The highest BCUT2D eigenvalue weighted by Gasteiger charge is 2.11. The van der Waals surface area contributed by atoms with Crippen molar-refractivity contribution in [1.29, 1.82) is 0 Å². The van der Waals surface area contributed by atoms with Crippen molar-refractivity contribution in [2.24, 2.45) is 0 Å². The number of hydrogen-bond donors (Lipinski definition) is 3. The van der Waals surface area contributed by atoms with Crippen LogP contribution in [0.4, 0.5) is 0 Å². The summed E-state index contributed by atoms with van der Waals surface area (Å²) in [6, 6.07) is 9.92. The molecule has 1 saturated heterocycles. The van der Waals surface area contributed by atoms with Crippen LogP contribution in [0.3, 0.4) is 0 Å². The first kappa shape index (κ1) is 13.1. The number of rotatable bonds is 5. The van der Waals surface area contributed by atoms with Gasteiger partial charge >= 0.3 is 0 Å². The Morgan fingerprint density at radius 3 is 2.61 bits per heavy atom. The molecule has 0 saturated carbocycles. The van der Waals surface area contributed by atoms with Crippen molar-refractivity contribution >= 4 is 5.91 Å². The Balaban J connectivity index is 1.62. The summed E-state index contributed by atoms with van der Waals surface area (Å²) < 4.78 is 0. The summed E-state index contributed by atoms with van der Waals surface area (Å²) in [6.07, 6.45) is 2.35. The van der Waals surface area contributed by atoms with Gasteiger partial charge < -0.3 is 16.0 Å². The van der Waals surface area contributed by atoms with Crippen molar-refractivity contribution in [2.45, 2.75) is 18.9 Å². The fraction of sp³-hybridized carbons (Fsp3) is 0.500. The monoisotopic (exact) mass is 247 g/mol. The van der Waals surface area contributed by atoms with Crippen LogP contribution in [-0.2, 0) is 0 Å². The van der Waals surface area contributed by atoms with E-state index in [0.29, 0.717) is 12.6 Å². The van der Waals surface area contributed by atoms with E-state index >= 15 is 0 Å². The fourth-order valence-corrected chi connectivity index (χ4v) is 2.17. The van der Waals surface area contributed by atoms with Crippen LogP contribution in [0.2, 0.25) is 0 Å². The fourth-order valence-electron chi connectivity index (χ4n) is 2.17. The van der Waals surface area contributed by atoms with Crippen molar-refractivity contribution in [2.75, 3.05) is 26.2 Å². The van der Waals surface area contributed by atoms with Gasteiger partial charge in [0.25, 0.3) is 5.91 Å². The van der Waals surface area contributed by atoms with Crippen LogP contribution in [0, 0.1) is 0 Å². The summed E-state index contributed by atoms with van der Waals surface area (Å²) in [6.45, 7) is 3.70. The normalized spacial score (nSPS) is 16.4. The molecule has 1 heterocycles. The van der Waals surface area contributed by atoms with Gasteiger partial charge in [-0.2, -0.15) is 0 Å². The standard InChI is InChI=1S/C14H21N3O/c18-14(12-4-2-1-3-5-12)17-11-10-16-13-6-8-15-9-7-13/h1-5,13,15-16H,6-11H2,(H,17,18). The molecule has 1 amide bonds. The molecular weight excluding hydrogens is 226 g/mol. The lowest BCUT2D eigenvalue weighted by molar-refractivity contribution is 0.0953. The minimum atomic E-state index is 0.00251. The summed E-state index contributed by atoms with van der Waals surface area (Å²) in [5, 5.41) is 9.73. The lowest BCUT2D eigenvalue weighted by atomic mass is 10.1. The van der Waals surface area contributed by atoms with Gasteiger partial charge in [0, 0.05) is 24.7 Å². The third kappa shape index (κ3) is 4.13. The third-order valence-electron chi connectivity index (χ3n) is 3.22. The molecule has 0 aliphatic carbocycles. The molecule has 1 aromatic carbocycles. The Morgan fingerprint density at radius 2 is 1.89 bits per heavy atom. The predicted molar refractivity (Wildman–Crippen MR) is 72.7 cm³/mol. The Hall–Kier alpha value is -1.39. The summed E-state index contributed by atoms with van der Waals surface area (Å²) >= 11 is 0. The molecule has 0 aromatic heterocycles. The van der Waals surface area contributed by atoms with Crippen LogP contribution in [-0.4, -0.2) is 38.1 Å². The first-order valence-electron chi connectivity index (χ1n) is 6.63. The van der Waals surface area contributed by atoms with E-state index in [1.54, 1.807) is 0 Å². The summed E-state index contributed by atoms with van der Waals surface area (Å²) in [4.78, 5) is 11.7. The molecule has 98 valence electrons. The van der Waals surface area contributed by atoms with Crippen LogP contribution < -0.4 is 16.0 Å². The number of amides is 1. The van der Waals surface area contributed by atoms with Gasteiger partial charge in [0.2, 0.25) is 0 Å². The highest BCUT2D eigenvalue weighted by molar-refractivity contribution is 5.94. The largest absolute Gasteiger partial charge is 0.351 e. The topological polar surface area (TPSA) is 53.2 Å². The van der Waals surface area contributed by atoms with E-state index in [9.17, 15) is 4.79 Å². The Kier molecular flexibility index (Phi) is 5.17. The van der Waals surface area contributed by atoms with E-state index in [1.165, 1.54) is 12.8 Å². The van der Waals surface area contributed by atoms with Crippen molar-refractivity contribution in [1.82, 2.24) is 16.0 Å². The van der Waals surface area contributed by atoms with Crippen molar-refractivity contribution < 1.29 is 4.79 Å². The second kappa shape index (κ2) is 7.13. The van der Waals surface area contributed by atoms with Gasteiger partial charge in [0.15, 0.2) is 0 Å². The molecule has 4 nitrogen and oxygen atoms in total. The maximum absolute atomic E-state index is 11.7. The molecule has 1 aliphatic heterocycles. The first-order valence-corrected chi connectivity index (χ1v) is 6.63. The predicted octanol–water partition coefficient (Wildman–Crippen LogP) is 0.758. The van der Waals surface area contributed by atoms with Crippen LogP contribution in [0.1, 0.15) is 23.2 Å². The Bertz CT molecular complexity index is 361. The van der Waals surface area contributed by atoms with E-state index in [0.717, 1.165) is 25.2 Å². The highest BCUT2D eigenvalue weighted by Crippen LogP contribution is 2.01. The third-order valence-corrected chi connectivity index (χ3v) is 3.22. The van der Waals surface area contributed by atoms with Gasteiger partial charge in [-0.3, -0.25) is 4.79 Å². The zero-order valence-corrected chi connectivity index (χ0v) is 10.6. The maximum Gasteiger partial charge on any atom is 0.251 e. The smallest absolute Gasteiger partial charge is 0.251 e. The average molecular weight is 247 g/mol. The van der Waals surface area contributed by atoms with Crippen LogP contribution in [0.15, 0.2) is 30.3 Å². The number of benzene rings is 1. The molecule has 0 spiro atoms. The molecule has 3 N–H and O–H groups in total. The number of carbonyl (C=O) groups excluding carboxylic acids is 1. The van der Waals surface area contributed by atoms with Crippen molar-refractivity contribution in [3.05, 3.63) is 35.9 Å². The number of nitrogens with one attached hydrogen (secondary N) is 3. The molecule has 1 aliphatic rings. The van der Waals surface area contributed by atoms with Crippen LogP contribution in [0.5, 0.6) is 0 Å². The lowest BCUT2D eigenvalue weighted by Gasteiger charge is -2.23. The first-order chi connectivity index (χ1) is 8.86. The average Bonchev–Trinajstić information content (AvgIpc) is 2.45. The highest BCUT2D eigenvalue weighted by atomic mass is 16.1. The number of carbonyl (C=O) groups is 1. The number of hydrogen-bond acceptors (Lipinski definition) is 3. The Labute approximate surface area is 108 Å². The second-order valence-corrected chi connectivity index (χ2v) is 4.60. The zero-order chi connectivity index (χ0) is 12.6. The summed E-state index contributed by atoms with van der Waals surface area (Å²) in [5.74, 6) is 0.00251. The lowest BCUT2D eigenvalue weighted by Crippen LogP contribution is -2.42. The summed E-state index contributed by atoms with van der Waals surface area (Å²) in [5.41, 5.74) is 0.722. The van der Waals surface area contributed by atoms with Gasteiger partial charge in [-0.25, -0.2) is 0 Å². The molecule has 0 bridgehead atoms. The molecule has 4 heteroatoms. The van der Waals surface area contributed by atoms with Gasteiger partial charge in [-0.05, 0) is 38.1 Å². The zero-order valence-electron chi connectivity index (χ0n) is 10.6. The van der Waals surface area contributed by atoms with E-state index < -0.39 is 0 Å². The summed E-state index contributed by atoms with van der Waals surface area (Å²) in [7, 11) is 0. The molecule has 0 radical (unpaired) electrons. The van der Waals surface area contributed by atoms with Gasteiger partial charge in [0.1, 0.15) is 0 Å². The SMILES string of the molecule is O=C(NCCNC1CCNCC1)c1ccccc1. The van der Waals surface area contributed by atoms with Gasteiger partial charge in [0.05, 0.1) is 0 Å². The van der Waals surface area contributed by atoms with Crippen LogP contribution >= 0.6 is 0 Å². The Morgan fingerprint density at radius 1 is 1.17 bits per heavy atom. The minimum Gasteiger partial charge on any atom is -0.351 e. The molecule has 0 unspecified atom stereocenters. The minimum absolute atomic E-state index is 0.00251. The van der Waals surface area contributed by atoms with Gasteiger partial charge in [-0.1, -0.05) is 18.2 Å². The molecule has 1 aromatic rings. The maximum atomic E-state index is 11.7. The molecular formula is C14H21N3O. The second-order valence-electron chi connectivity index (χ2n) is 4.60. The quantitative estimate of drug-likeness (QED) is 0.673. The molecule has 2 rings (SSSR count). The molecule has 0 atom stereocenters. The van der Waals surface area contributed by atoms with E-state index in [2.05, 4.69) is 16.0 Å². The van der Waals surface area contributed by atoms with Crippen LogP contribution in [0.25, 0.3) is 0 Å². The van der Waals surface area contributed by atoms with E-state index in [-0.39, 0.29) is 5.91 Å². The van der Waals surface area contributed by atoms with Crippen molar-refractivity contribution in [3.8, 4) is 0 Å². The van der Waals surface area contributed by atoms with E-state index in [1.807, 2.05) is 30.3 Å².